The minimum Gasteiger partial charge on any atom is -0.383 e. The number of aromatic amines is 1. The first-order chi connectivity index (χ1) is 13.5. The maximum Gasteiger partial charge on any atom is 0.330 e. The third-order valence-corrected chi connectivity index (χ3v) is 4.98. The average Bonchev–Trinajstić information content (AvgIpc) is 2.60. The minimum atomic E-state index is -0.702. The minimum absolute atomic E-state index is 0.0351. The molecule has 2 aromatic rings. The second-order valence-corrected chi connectivity index (χ2v) is 8.59. The van der Waals surface area contributed by atoms with Crippen molar-refractivity contribution in [2.45, 2.75) is 40.7 Å². The molecule has 0 aliphatic carbocycles. The maximum absolute atomic E-state index is 13.2. The molecule has 3 N–H and O–H groups in total. The fourth-order valence-electron chi connectivity index (χ4n) is 3.02. The van der Waals surface area contributed by atoms with Crippen molar-refractivity contribution in [2.24, 2.45) is 11.8 Å². The second kappa shape index (κ2) is 9.50. The normalized spacial score (nSPS) is 11.3. The van der Waals surface area contributed by atoms with Crippen LogP contribution in [0.3, 0.4) is 0 Å². The van der Waals surface area contributed by atoms with E-state index in [1.165, 1.54) is 9.47 Å². The molecule has 0 bridgehead atoms. The largest absolute Gasteiger partial charge is 0.383 e. The van der Waals surface area contributed by atoms with Gasteiger partial charge in [-0.05, 0) is 29.5 Å². The predicted octanol–water partition coefficient (Wildman–Crippen LogP) is 3.31. The first-order valence-corrected chi connectivity index (χ1v) is 10.1. The standard InChI is InChI=1S/C20H26Cl2N4O3/c1-11(2)9-25(16(27)8-13-14(21)6-5-7-15(13)22)17-18(23)26(10-12(3)4)20(29)24-19(17)28/h5-7,11-12H,8-10,23H2,1-4H3,(H,24,28,29). The van der Waals surface area contributed by atoms with Gasteiger partial charge in [-0.25, -0.2) is 4.79 Å². The summed E-state index contributed by atoms with van der Waals surface area (Å²) >= 11 is 12.4. The molecule has 1 heterocycles. The lowest BCUT2D eigenvalue weighted by Crippen LogP contribution is -2.43. The van der Waals surface area contributed by atoms with Crippen LogP contribution in [-0.2, 0) is 17.8 Å². The molecule has 2 rings (SSSR count). The van der Waals surface area contributed by atoms with Crippen molar-refractivity contribution < 1.29 is 4.79 Å². The number of carbonyl (C=O) groups is 1. The van der Waals surface area contributed by atoms with Crippen LogP contribution in [0.25, 0.3) is 0 Å². The number of hydrogen-bond donors (Lipinski definition) is 2. The van der Waals surface area contributed by atoms with E-state index in [-0.39, 0.29) is 42.2 Å². The van der Waals surface area contributed by atoms with E-state index in [9.17, 15) is 14.4 Å². The highest BCUT2D eigenvalue weighted by Crippen LogP contribution is 2.27. The number of aromatic nitrogens is 2. The molecule has 1 amide bonds. The summed E-state index contributed by atoms with van der Waals surface area (Å²) in [4.78, 5) is 41.6. The molecular formula is C20H26Cl2N4O3. The summed E-state index contributed by atoms with van der Waals surface area (Å²) in [6.07, 6.45) is -0.104. The van der Waals surface area contributed by atoms with Crippen molar-refractivity contribution in [1.29, 1.82) is 0 Å². The van der Waals surface area contributed by atoms with Crippen LogP contribution in [0.5, 0.6) is 0 Å². The Morgan fingerprint density at radius 2 is 1.72 bits per heavy atom. The lowest BCUT2D eigenvalue weighted by molar-refractivity contribution is -0.118. The second-order valence-electron chi connectivity index (χ2n) is 7.77. The van der Waals surface area contributed by atoms with Gasteiger partial charge in [-0.1, -0.05) is 57.0 Å². The molecule has 0 saturated carbocycles. The van der Waals surface area contributed by atoms with E-state index >= 15 is 0 Å². The molecule has 0 unspecified atom stereocenters. The van der Waals surface area contributed by atoms with Gasteiger partial charge in [0.15, 0.2) is 5.69 Å². The maximum atomic E-state index is 13.2. The quantitative estimate of drug-likeness (QED) is 0.688. The van der Waals surface area contributed by atoms with Crippen molar-refractivity contribution in [3.8, 4) is 0 Å². The number of anilines is 2. The van der Waals surface area contributed by atoms with Gasteiger partial charge >= 0.3 is 5.69 Å². The van der Waals surface area contributed by atoms with Crippen LogP contribution in [0.2, 0.25) is 10.0 Å². The molecule has 0 fully saturated rings. The van der Waals surface area contributed by atoms with E-state index in [4.69, 9.17) is 28.9 Å². The Hall–Kier alpha value is -2.25. The van der Waals surface area contributed by atoms with Gasteiger partial charge in [-0.3, -0.25) is 19.1 Å². The first-order valence-electron chi connectivity index (χ1n) is 9.38. The SMILES string of the molecule is CC(C)CN(C(=O)Cc1c(Cl)cccc1Cl)c1c(N)n(CC(C)C)c(=O)[nH]c1=O. The number of halogens is 2. The van der Waals surface area contributed by atoms with Crippen LogP contribution in [0.1, 0.15) is 33.3 Å². The number of nitrogen functional groups attached to an aromatic ring is 1. The third-order valence-electron chi connectivity index (χ3n) is 4.27. The van der Waals surface area contributed by atoms with Crippen LogP contribution in [-0.4, -0.2) is 22.0 Å². The van der Waals surface area contributed by atoms with E-state index in [1.54, 1.807) is 18.2 Å². The Morgan fingerprint density at radius 3 is 2.24 bits per heavy atom. The van der Waals surface area contributed by atoms with Crippen molar-refractivity contribution in [2.75, 3.05) is 17.2 Å². The van der Waals surface area contributed by atoms with Gasteiger partial charge in [0.05, 0.1) is 6.42 Å². The number of rotatable bonds is 7. The van der Waals surface area contributed by atoms with Gasteiger partial charge in [-0.2, -0.15) is 0 Å². The summed E-state index contributed by atoms with van der Waals surface area (Å²) in [5.41, 5.74) is 5.33. The molecule has 0 radical (unpaired) electrons. The van der Waals surface area contributed by atoms with Crippen LogP contribution < -0.4 is 21.9 Å². The zero-order valence-electron chi connectivity index (χ0n) is 17.0. The number of hydrogen-bond acceptors (Lipinski definition) is 4. The number of nitrogens with one attached hydrogen (secondary N) is 1. The highest BCUT2D eigenvalue weighted by Gasteiger charge is 2.26. The van der Waals surface area contributed by atoms with Gasteiger partial charge in [0.25, 0.3) is 5.56 Å². The van der Waals surface area contributed by atoms with Crippen LogP contribution in [0.4, 0.5) is 11.5 Å². The van der Waals surface area contributed by atoms with Gasteiger partial charge in [0.2, 0.25) is 5.91 Å². The molecular weight excluding hydrogens is 415 g/mol. The number of nitrogens with zero attached hydrogens (tertiary/aromatic N) is 2. The molecule has 0 saturated heterocycles. The van der Waals surface area contributed by atoms with Crippen molar-refractivity contribution >= 4 is 40.6 Å². The average molecular weight is 441 g/mol. The van der Waals surface area contributed by atoms with Gasteiger partial charge < -0.3 is 10.6 Å². The summed E-state index contributed by atoms with van der Waals surface area (Å²) in [6, 6.07) is 4.98. The smallest absolute Gasteiger partial charge is 0.330 e. The Morgan fingerprint density at radius 1 is 1.14 bits per heavy atom. The molecule has 0 spiro atoms. The van der Waals surface area contributed by atoms with Gasteiger partial charge in [0, 0.05) is 23.1 Å². The van der Waals surface area contributed by atoms with E-state index in [2.05, 4.69) is 4.98 Å². The topological polar surface area (TPSA) is 101 Å². The van der Waals surface area contributed by atoms with Gasteiger partial charge in [0.1, 0.15) is 5.82 Å². The Bertz CT molecular complexity index is 992. The Labute approximate surface area is 179 Å². The summed E-state index contributed by atoms with van der Waals surface area (Å²) in [6.45, 7) is 8.23. The lowest BCUT2D eigenvalue weighted by Gasteiger charge is -2.26. The van der Waals surface area contributed by atoms with E-state index in [0.717, 1.165) is 0 Å². The number of H-pyrrole nitrogens is 1. The molecule has 158 valence electrons. The van der Waals surface area contributed by atoms with E-state index in [1.807, 2.05) is 27.7 Å². The fourth-order valence-corrected chi connectivity index (χ4v) is 3.55. The number of carbonyl (C=O) groups excluding carboxylic acids is 1. The van der Waals surface area contributed by atoms with E-state index in [0.29, 0.717) is 22.2 Å². The summed E-state index contributed by atoms with van der Waals surface area (Å²) in [7, 11) is 0. The lowest BCUT2D eigenvalue weighted by atomic mass is 10.1. The fraction of sp³-hybridized carbons (Fsp3) is 0.450. The summed E-state index contributed by atoms with van der Waals surface area (Å²) in [5, 5.41) is 0.726. The highest BCUT2D eigenvalue weighted by atomic mass is 35.5. The molecule has 0 aliphatic rings. The van der Waals surface area contributed by atoms with Crippen molar-refractivity contribution in [3.63, 3.8) is 0 Å². The third kappa shape index (κ3) is 5.42. The first kappa shape index (κ1) is 23.0. The summed E-state index contributed by atoms with van der Waals surface area (Å²) < 4.78 is 1.28. The Balaban J connectivity index is 2.57. The number of nitrogens with two attached hydrogens (primary N) is 1. The monoisotopic (exact) mass is 440 g/mol. The molecule has 0 atom stereocenters. The van der Waals surface area contributed by atoms with Crippen molar-refractivity contribution in [1.82, 2.24) is 9.55 Å². The molecule has 9 heteroatoms. The molecule has 0 aliphatic heterocycles. The van der Waals surface area contributed by atoms with Gasteiger partial charge in [-0.15, -0.1) is 0 Å². The van der Waals surface area contributed by atoms with E-state index < -0.39 is 11.2 Å². The van der Waals surface area contributed by atoms with Crippen molar-refractivity contribution in [3.05, 3.63) is 54.6 Å². The highest BCUT2D eigenvalue weighted by molar-refractivity contribution is 6.36. The van der Waals surface area contributed by atoms with Crippen LogP contribution in [0.15, 0.2) is 27.8 Å². The Kier molecular flexibility index (Phi) is 7.54. The molecule has 7 nitrogen and oxygen atoms in total. The molecule has 1 aromatic carbocycles. The predicted molar refractivity (Wildman–Crippen MR) is 118 cm³/mol. The number of amides is 1. The summed E-state index contributed by atoms with van der Waals surface area (Å²) in [5.74, 6) is -0.262. The zero-order valence-corrected chi connectivity index (χ0v) is 18.5. The molecule has 1 aromatic heterocycles. The van der Waals surface area contributed by atoms with Crippen LogP contribution in [0, 0.1) is 11.8 Å². The van der Waals surface area contributed by atoms with Crippen LogP contribution >= 0.6 is 23.2 Å². The number of benzene rings is 1. The molecule has 29 heavy (non-hydrogen) atoms. The zero-order chi connectivity index (χ0) is 21.9.